The van der Waals surface area contributed by atoms with Gasteiger partial charge in [0.25, 0.3) is 5.09 Å². The zero-order chi connectivity index (χ0) is 32.3. The molecule has 1 amide bonds. The van der Waals surface area contributed by atoms with Crippen LogP contribution in [0, 0.1) is 10.1 Å². The second-order valence-corrected chi connectivity index (χ2v) is 10.4. The van der Waals surface area contributed by atoms with Gasteiger partial charge in [0.1, 0.15) is 19.0 Å². The second kappa shape index (κ2) is 15.7. The van der Waals surface area contributed by atoms with Crippen LogP contribution < -0.4 is 11.6 Å². The highest BCUT2D eigenvalue weighted by Crippen LogP contribution is 2.26. The number of aryl methyl sites for hydroxylation is 1. The summed E-state index contributed by atoms with van der Waals surface area (Å²) in [6.45, 7) is 1.89. The van der Waals surface area contributed by atoms with Crippen molar-refractivity contribution in [2.75, 3.05) is 0 Å². The van der Waals surface area contributed by atoms with E-state index in [4.69, 9.17) is 27.9 Å². The fourth-order valence-corrected chi connectivity index (χ4v) is 4.94. The average Bonchev–Trinajstić information content (AvgIpc) is 3.35. The molecule has 3 aromatic carbocycles. The fourth-order valence-electron chi connectivity index (χ4n) is 4.68. The largest absolute Gasteiger partial charge is 0.445 e. The number of benzene rings is 3. The van der Waals surface area contributed by atoms with Gasteiger partial charge in [-0.3, -0.25) is 0 Å². The van der Waals surface area contributed by atoms with E-state index in [1.54, 1.807) is 36.4 Å². The number of carbonyl (C=O) groups is 1. The van der Waals surface area contributed by atoms with E-state index in [0.717, 1.165) is 41.8 Å². The molecule has 0 aliphatic carbocycles. The lowest BCUT2D eigenvalue weighted by molar-refractivity contribution is -0.763. The van der Waals surface area contributed by atoms with Crippen LogP contribution in [0.2, 0.25) is 5.15 Å². The van der Waals surface area contributed by atoms with Gasteiger partial charge < -0.3 is 25.0 Å². The molecule has 0 saturated carbocycles. The van der Waals surface area contributed by atoms with Crippen LogP contribution in [0.1, 0.15) is 53.5 Å². The average molecular weight is 636 g/mol. The first-order chi connectivity index (χ1) is 21.7. The maximum Gasteiger partial charge on any atom is 0.445 e. The number of nitrogens with two attached hydrogens (primary N) is 2. The van der Waals surface area contributed by atoms with E-state index < -0.39 is 11.2 Å². The molecule has 14 heteroatoms. The zero-order valence-corrected chi connectivity index (χ0v) is 25.4. The SMILES string of the molecule is CCCCc1nc(Cl)c(CO)n1Cc1ccc(-c2ccccc2/C(N)=N/N(N)C(=O)OCc2ccccc2CO[N+](=O)[O-])cc1. The van der Waals surface area contributed by atoms with Gasteiger partial charge in [-0.05, 0) is 34.2 Å². The lowest BCUT2D eigenvalue weighted by atomic mass is 9.98. The number of amides is 1. The molecule has 0 fully saturated rings. The number of hydrogen-bond acceptors (Lipinski definition) is 9. The third kappa shape index (κ3) is 8.56. The van der Waals surface area contributed by atoms with Gasteiger partial charge in [0.2, 0.25) is 0 Å². The molecule has 0 atom stereocenters. The Morgan fingerprint density at radius 2 is 1.76 bits per heavy atom. The third-order valence-electron chi connectivity index (χ3n) is 7.01. The van der Waals surface area contributed by atoms with Crippen molar-refractivity contribution in [3.63, 3.8) is 0 Å². The van der Waals surface area contributed by atoms with Gasteiger partial charge in [0.15, 0.2) is 11.0 Å². The number of unbranched alkanes of at least 4 members (excludes halogenated alkanes) is 1. The van der Waals surface area contributed by atoms with E-state index in [1.807, 2.05) is 41.0 Å². The first-order valence-corrected chi connectivity index (χ1v) is 14.5. The van der Waals surface area contributed by atoms with Gasteiger partial charge in [-0.2, -0.15) is 0 Å². The maximum absolute atomic E-state index is 12.6. The molecule has 0 radical (unpaired) electrons. The molecule has 4 rings (SSSR count). The van der Waals surface area contributed by atoms with E-state index in [0.29, 0.717) is 39.2 Å². The molecule has 1 heterocycles. The zero-order valence-electron chi connectivity index (χ0n) is 24.6. The molecule has 0 aliphatic heterocycles. The number of aromatic nitrogens is 2. The minimum absolute atomic E-state index is 0.0184. The predicted octanol–water partition coefficient (Wildman–Crippen LogP) is 4.93. The Labute approximate surface area is 264 Å². The summed E-state index contributed by atoms with van der Waals surface area (Å²) in [4.78, 5) is 32.0. The molecule has 13 nitrogen and oxygen atoms in total. The maximum atomic E-state index is 12.6. The topological polar surface area (TPSA) is 184 Å². The summed E-state index contributed by atoms with van der Waals surface area (Å²) in [5, 5.41) is 24.4. The minimum atomic E-state index is -0.982. The molecular formula is C31H34ClN7O6. The fraction of sp³-hybridized carbons (Fsp3) is 0.258. The summed E-state index contributed by atoms with van der Waals surface area (Å²) in [5.41, 5.74) is 11.0. The van der Waals surface area contributed by atoms with Gasteiger partial charge in [0.05, 0.1) is 12.3 Å². The number of rotatable bonds is 14. The molecule has 0 spiro atoms. The molecule has 0 saturated heterocycles. The Kier molecular flexibility index (Phi) is 11.5. The number of hydrazone groups is 1. The van der Waals surface area contributed by atoms with E-state index in [-0.39, 0.29) is 25.7 Å². The van der Waals surface area contributed by atoms with Crippen molar-refractivity contribution in [2.24, 2.45) is 16.7 Å². The standard InChI is InChI=1S/C31H34ClN7O6/c1-2-3-12-28-35-29(32)27(18-40)37(28)17-21-13-15-22(16-14-21)25-10-6-7-11-26(25)30(33)36-38(34)31(41)44-19-23-8-4-5-9-24(23)20-45-39(42)43/h4-11,13-16,40H,2-3,12,17-20,34H2,1H3,(H2,33,36). The Hall–Kier alpha value is -4.98. The van der Waals surface area contributed by atoms with Gasteiger partial charge in [-0.1, -0.05) is 97.7 Å². The lowest BCUT2D eigenvalue weighted by Crippen LogP contribution is -2.35. The van der Waals surface area contributed by atoms with Crippen LogP contribution in [-0.2, 0) is 42.4 Å². The molecular weight excluding hydrogens is 602 g/mol. The first kappa shape index (κ1) is 32.9. The van der Waals surface area contributed by atoms with Crippen molar-refractivity contribution in [1.82, 2.24) is 14.7 Å². The Morgan fingerprint density at radius 1 is 1.09 bits per heavy atom. The normalized spacial score (nSPS) is 11.3. The van der Waals surface area contributed by atoms with E-state index in [1.165, 1.54) is 0 Å². The summed E-state index contributed by atoms with van der Waals surface area (Å²) in [6, 6.07) is 21.8. The van der Waals surface area contributed by atoms with E-state index >= 15 is 0 Å². The molecule has 1 aromatic heterocycles. The molecule has 4 aromatic rings. The van der Waals surface area contributed by atoms with Crippen LogP contribution in [0.5, 0.6) is 0 Å². The van der Waals surface area contributed by atoms with Crippen LogP contribution in [0.4, 0.5) is 4.79 Å². The summed E-state index contributed by atoms with van der Waals surface area (Å²) < 4.78 is 7.20. The minimum Gasteiger partial charge on any atom is -0.442 e. The monoisotopic (exact) mass is 635 g/mol. The quantitative estimate of drug-likeness (QED) is 0.0431. The summed E-state index contributed by atoms with van der Waals surface area (Å²) in [6.07, 6.45) is 1.76. The molecule has 0 unspecified atom stereocenters. The number of hydrogen-bond donors (Lipinski definition) is 3. The number of nitrogens with zero attached hydrogens (tertiary/aromatic N) is 5. The van der Waals surface area contributed by atoms with Crippen LogP contribution in [0.3, 0.4) is 0 Å². The van der Waals surface area contributed by atoms with Crippen LogP contribution >= 0.6 is 11.6 Å². The van der Waals surface area contributed by atoms with E-state index in [9.17, 15) is 20.0 Å². The van der Waals surface area contributed by atoms with Crippen LogP contribution in [-0.4, -0.2) is 36.8 Å². The second-order valence-electron chi connectivity index (χ2n) is 10.0. The molecule has 0 bridgehead atoms. The predicted molar refractivity (Wildman–Crippen MR) is 168 cm³/mol. The Bertz CT molecular complexity index is 1660. The molecule has 236 valence electrons. The highest BCUT2D eigenvalue weighted by atomic mass is 35.5. The van der Waals surface area contributed by atoms with Crippen molar-refractivity contribution in [1.29, 1.82) is 0 Å². The number of hydrazine groups is 1. The van der Waals surface area contributed by atoms with Crippen LogP contribution in [0.25, 0.3) is 11.1 Å². The highest BCUT2D eigenvalue weighted by Gasteiger charge is 2.17. The Morgan fingerprint density at radius 3 is 2.42 bits per heavy atom. The van der Waals surface area contributed by atoms with Gasteiger partial charge in [0, 0.05) is 18.5 Å². The smallest absolute Gasteiger partial charge is 0.442 e. The number of carbonyl (C=O) groups excluding carboxylic acids is 1. The summed E-state index contributed by atoms with van der Waals surface area (Å²) in [5.74, 6) is 6.67. The van der Waals surface area contributed by atoms with E-state index in [2.05, 4.69) is 21.8 Å². The number of aliphatic hydroxyl groups excluding tert-OH is 1. The Balaban J connectivity index is 1.47. The number of amidine groups is 1. The van der Waals surface area contributed by atoms with Crippen molar-refractivity contribution in [2.45, 2.75) is 52.6 Å². The molecule has 45 heavy (non-hydrogen) atoms. The third-order valence-corrected chi connectivity index (χ3v) is 7.32. The van der Waals surface area contributed by atoms with Crippen LogP contribution in [0.15, 0.2) is 77.9 Å². The van der Waals surface area contributed by atoms with Crippen molar-refractivity contribution in [3.05, 3.63) is 122 Å². The van der Waals surface area contributed by atoms with Crippen molar-refractivity contribution in [3.8, 4) is 11.1 Å². The first-order valence-electron chi connectivity index (χ1n) is 14.1. The summed E-state index contributed by atoms with van der Waals surface area (Å²) in [7, 11) is 0. The number of imidazole rings is 1. The number of aliphatic hydroxyl groups is 1. The number of halogens is 1. The number of ether oxygens (including phenoxy) is 1. The lowest BCUT2D eigenvalue weighted by Gasteiger charge is -2.15. The highest BCUT2D eigenvalue weighted by molar-refractivity contribution is 6.30. The van der Waals surface area contributed by atoms with Gasteiger partial charge >= 0.3 is 6.09 Å². The summed E-state index contributed by atoms with van der Waals surface area (Å²) >= 11 is 6.29. The molecule has 0 aliphatic rings. The molecule has 5 N–H and O–H groups in total. The van der Waals surface area contributed by atoms with Crippen molar-refractivity contribution < 1.29 is 24.6 Å². The van der Waals surface area contributed by atoms with Gasteiger partial charge in [-0.15, -0.1) is 20.3 Å². The van der Waals surface area contributed by atoms with Crippen molar-refractivity contribution >= 4 is 23.5 Å². The van der Waals surface area contributed by atoms with Gasteiger partial charge in [-0.25, -0.2) is 15.6 Å².